The Hall–Kier alpha value is -2.04. The van der Waals surface area contributed by atoms with E-state index in [2.05, 4.69) is 15.5 Å². The highest BCUT2D eigenvalue weighted by molar-refractivity contribution is 5.56. The Morgan fingerprint density at radius 3 is 2.48 bits per heavy atom. The largest absolute Gasteiger partial charge is 0.497 e. The minimum atomic E-state index is 0.455. The van der Waals surface area contributed by atoms with Crippen molar-refractivity contribution in [3.63, 3.8) is 0 Å². The second-order valence-corrected chi connectivity index (χ2v) is 5.48. The molecular formula is C16H21N3O2. The molecule has 0 amide bonds. The molecule has 0 saturated heterocycles. The lowest BCUT2D eigenvalue weighted by Crippen LogP contribution is -2.18. The van der Waals surface area contributed by atoms with Gasteiger partial charge in [0.05, 0.1) is 7.11 Å². The van der Waals surface area contributed by atoms with Crippen LogP contribution in [0.3, 0.4) is 0 Å². The van der Waals surface area contributed by atoms with Gasteiger partial charge < -0.3 is 14.6 Å². The van der Waals surface area contributed by atoms with Gasteiger partial charge in [-0.05, 0) is 37.1 Å². The summed E-state index contributed by atoms with van der Waals surface area (Å²) in [6, 6.07) is 8.62. The summed E-state index contributed by atoms with van der Waals surface area (Å²) in [4.78, 5) is 4.43. The maximum Gasteiger partial charge on any atom is 0.322 e. The quantitative estimate of drug-likeness (QED) is 0.865. The van der Waals surface area contributed by atoms with E-state index in [1.807, 2.05) is 24.3 Å². The van der Waals surface area contributed by atoms with Crippen LogP contribution >= 0.6 is 0 Å². The van der Waals surface area contributed by atoms with E-state index < -0.39 is 0 Å². The van der Waals surface area contributed by atoms with E-state index in [4.69, 9.17) is 9.26 Å². The highest BCUT2D eigenvalue weighted by Crippen LogP contribution is 2.23. The van der Waals surface area contributed by atoms with Gasteiger partial charge in [-0.2, -0.15) is 4.98 Å². The number of rotatable bonds is 4. The number of hydrogen-bond donors (Lipinski definition) is 1. The summed E-state index contributed by atoms with van der Waals surface area (Å²) >= 11 is 0. The Balaban J connectivity index is 1.67. The third-order valence-corrected chi connectivity index (χ3v) is 3.96. The van der Waals surface area contributed by atoms with Gasteiger partial charge in [-0.3, -0.25) is 0 Å². The molecule has 0 aliphatic heterocycles. The van der Waals surface area contributed by atoms with Crippen molar-refractivity contribution in [1.29, 1.82) is 0 Å². The predicted molar refractivity (Wildman–Crippen MR) is 81.4 cm³/mol. The molecule has 1 aromatic heterocycles. The Labute approximate surface area is 124 Å². The van der Waals surface area contributed by atoms with Crippen molar-refractivity contribution in [1.82, 2.24) is 10.1 Å². The highest BCUT2D eigenvalue weighted by Gasteiger charge is 2.15. The van der Waals surface area contributed by atoms with Crippen molar-refractivity contribution in [2.75, 3.05) is 12.4 Å². The van der Waals surface area contributed by atoms with Crippen LogP contribution in [0.15, 0.2) is 28.8 Å². The van der Waals surface area contributed by atoms with E-state index in [1.54, 1.807) is 7.11 Å². The number of nitrogens with one attached hydrogen (secondary N) is 1. The summed E-state index contributed by atoms with van der Waals surface area (Å²) in [6.45, 7) is 0. The number of methoxy groups -OCH3 is 1. The normalized spacial score (nSPS) is 16.4. The first-order valence-electron chi connectivity index (χ1n) is 7.60. The molecule has 0 radical (unpaired) electrons. The molecule has 1 saturated carbocycles. The van der Waals surface area contributed by atoms with Crippen LogP contribution in [0.1, 0.15) is 38.5 Å². The molecule has 1 aromatic carbocycles. The fourth-order valence-corrected chi connectivity index (χ4v) is 2.74. The molecule has 5 heteroatoms. The van der Waals surface area contributed by atoms with Crippen molar-refractivity contribution < 1.29 is 9.26 Å². The van der Waals surface area contributed by atoms with Crippen LogP contribution in [0.5, 0.6) is 5.75 Å². The molecule has 2 aromatic rings. The van der Waals surface area contributed by atoms with Crippen LogP contribution in [-0.4, -0.2) is 23.3 Å². The van der Waals surface area contributed by atoms with Crippen molar-refractivity contribution in [3.05, 3.63) is 24.3 Å². The molecule has 1 N–H and O–H groups in total. The minimum Gasteiger partial charge on any atom is -0.497 e. The molecule has 112 valence electrons. The lowest BCUT2D eigenvalue weighted by Gasteiger charge is -2.13. The molecular weight excluding hydrogens is 266 g/mol. The van der Waals surface area contributed by atoms with Gasteiger partial charge in [0, 0.05) is 11.6 Å². The monoisotopic (exact) mass is 287 g/mol. The number of aromatic nitrogens is 2. The van der Waals surface area contributed by atoms with E-state index in [0.29, 0.717) is 17.9 Å². The van der Waals surface area contributed by atoms with E-state index in [1.165, 1.54) is 38.5 Å². The Kier molecular flexibility index (Phi) is 4.38. The van der Waals surface area contributed by atoms with Gasteiger partial charge in [-0.25, -0.2) is 0 Å². The van der Waals surface area contributed by atoms with Gasteiger partial charge in [-0.1, -0.05) is 30.8 Å². The zero-order chi connectivity index (χ0) is 14.5. The van der Waals surface area contributed by atoms with Crippen LogP contribution < -0.4 is 10.1 Å². The molecule has 0 bridgehead atoms. The SMILES string of the molecule is COc1ccc(-c2noc(NC3CCCCCC3)n2)cc1. The number of ether oxygens (including phenoxy) is 1. The lowest BCUT2D eigenvalue weighted by molar-refractivity contribution is 0.414. The van der Waals surface area contributed by atoms with Gasteiger partial charge in [0.2, 0.25) is 5.82 Å². The van der Waals surface area contributed by atoms with Gasteiger partial charge in [0.1, 0.15) is 5.75 Å². The molecule has 0 unspecified atom stereocenters. The van der Waals surface area contributed by atoms with Crippen LogP contribution in [-0.2, 0) is 0 Å². The fourth-order valence-electron chi connectivity index (χ4n) is 2.74. The Bertz CT molecular complexity index is 557. The van der Waals surface area contributed by atoms with Gasteiger partial charge in [0.25, 0.3) is 0 Å². The van der Waals surface area contributed by atoms with E-state index in [9.17, 15) is 0 Å². The van der Waals surface area contributed by atoms with Crippen molar-refractivity contribution >= 4 is 6.01 Å². The van der Waals surface area contributed by atoms with E-state index in [0.717, 1.165) is 11.3 Å². The second kappa shape index (κ2) is 6.61. The molecule has 1 aliphatic rings. The molecule has 1 aliphatic carbocycles. The summed E-state index contributed by atoms with van der Waals surface area (Å²) < 4.78 is 10.5. The number of nitrogens with zero attached hydrogens (tertiary/aromatic N) is 2. The maximum absolute atomic E-state index is 5.32. The average Bonchev–Trinajstić information content (AvgIpc) is 2.83. The summed E-state index contributed by atoms with van der Waals surface area (Å²) in [6.07, 6.45) is 7.58. The van der Waals surface area contributed by atoms with Gasteiger partial charge >= 0.3 is 6.01 Å². The number of benzene rings is 1. The predicted octanol–water partition coefficient (Wildman–Crippen LogP) is 3.88. The number of hydrogen-bond acceptors (Lipinski definition) is 5. The van der Waals surface area contributed by atoms with Crippen LogP contribution in [0, 0.1) is 0 Å². The number of anilines is 1. The summed E-state index contributed by atoms with van der Waals surface area (Å²) in [5.41, 5.74) is 0.925. The molecule has 5 nitrogen and oxygen atoms in total. The Morgan fingerprint density at radius 2 is 1.81 bits per heavy atom. The van der Waals surface area contributed by atoms with Gasteiger partial charge in [-0.15, -0.1) is 0 Å². The van der Waals surface area contributed by atoms with E-state index in [-0.39, 0.29) is 0 Å². The van der Waals surface area contributed by atoms with Crippen molar-refractivity contribution in [2.24, 2.45) is 0 Å². The van der Waals surface area contributed by atoms with E-state index >= 15 is 0 Å². The third-order valence-electron chi connectivity index (χ3n) is 3.96. The smallest absolute Gasteiger partial charge is 0.322 e. The zero-order valence-corrected chi connectivity index (χ0v) is 12.3. The first-order chi connectivity index (χ1) is 10.3. The Morgan fingerprint density at radius 1 is 1.10 bits per heavy atom. The lowest BCUT2D eigenvalue weighted by atomic mass is 10.1. The highest BCUT2D eigenvalue weighted by atomic mass is 16.5. The molecule has 1 heterocycles. The topological polar surface area (TPSA) is 60.2 Å². The first-order valence-corrected chi connectivity index (χ1v) is 7.60. The zero-order valence-electron chi connectivity index (χ0n) is 12.3. The van der Waals surface area contributed by atoms with Crippen molar-refractivity contribution in [3.8, 4) is 17.1 Å². The molecule has 0 atom stereocenters. The minimum absolute atomic E-state index is 0.455. The third kappa shape index (κ3) is 3.54. The van der Waals surface area contributed by atoms with Crippen LogP contribution in [0.4, 0.5) is 6.01 Å². The molecule has 21 heavy (non-hydrogen) atoms. The molecule has 0 spiro atoms. The van der Waals surface area contributed by atoms with Gasteiger partial charge in [0.15, 0.2) is 0 Å². The van der Waals surface area contributed by atoms with Crippen LogP contribution in [0.25, 0.3) is 11.4 Å². The fraction of sp³-hybridized carbons (Fsp3) is 0.500. The summed E-state index contributed by atoms with van der Waals surface area (Å²) in [5, 5.41) is 7.41. The second-order valence-electron chi connectivity index (χ2n) is 5.48. The van der Waals surface area contributed by atoms with Crippen LogP contribution in [0.2, 0.25) is 0 Å². The molecule has 3 rings (SSSR count). The summed E-state index contributed by atoms with van der Waals surface area (Å²) in [5.74, 6) is 1.42. The summed E-state index contributed by atoms with van der Waals surface area (Å²) in [7, 11) is 1.65. The molecule has 1 fully saturated rings. The van der Waals surface area contributed by atoms with Crippen molar-refractivity contribution in [2.45, 2.75) is 44.6 Å². The average molecular weight is 287 g/mol. The first kappa shape index (κ1) is 13.9. The standard InChI is InChI=1S/C16H21N3O2/c1-20-14-10-8-12(9-11-14)15-18-16(21-19-15)17-13-6-4-2-3-5-7-13/h8-11,13H,2-7H2,1H3,(H,17,18,19). The maximum atomic E-state index is 5.32.